The summed E-state index contributed by atoms with van der Waals surface area (Å²) in [5, 5.41) is 2.66. The Labute approximate surface area is 127 Å². The maximum absolute atomic E-state index is 12.8. The van der Waals surface area contributed by atoms with Crippen molar-refractivity contribution in [3.8, 4) is 0 Å². The quantitative estimate of drug-likeness (QED) is 0.863. The van der Waals surface area contributed by atoms with Crippen molar-refractivity contribution in [1.29, 1.82) is 0 Å². The Morgan fingerprint density at radius 3 is 2.55 bits per heavy atom. The molecule has 2 rings (SSSR count). The topological polar surface area (TPSA) is 55.4 Å². The second-order valence-corrected chi connectivity index (χ2v) is 4.69. The summed E-state index contributed by atoms with van der Waals surface area (Å²) >= 11 is 0. The zero-order valence-electron chi connectivity index (χ0n) is 12.1. The van der Waals surface area contributed by atoms with Gasteiger partial charge in [-0.2, -0.15) is 0 Å². The van der Waals surface area contributed by atoms with Gasteiger partial charge in [0.05, 0.1) is 5.56 Å². The third kappa shape index (κ3) is 4.41. The summed E-state index contributed by atoms with van der Waals surface area (Å²) in [7, 11) is 0. The van der Waals surface area contributed by atoms with Gasteiger partial charge in [0.1, 0.15) is 5.82 Å². The van der Waals surface area contributed by atoms with E-state index in [4.69, 9.17) is 4.74 Å². The van der Waals surface area contributed by atoms with Gasteiger partial charge in [-0.1, -0.05) is 19.1 Å². The smallest absolute Gasteiger partial charge is 0.338 e. The van der Waals surface area contributed by atoms with Gasteiger partial charge in [-0.3, -0.25) is 4.79 Å². The van der Waals surface area contributed by atoms with Crippen molar-refractivity contribution in [1.82, 2.24) is 0 Å². The highest BCUT2D eigenvalue weighted by Crippen LogP contribution is 2.11. The van der Waals surface area contributed by atoms with Gasteiger partial charge in [0.2, 0.25) is 0 Å². The highest BCUT2D eigenvalue weighted by Gasteiger charge is 2.10. The van der Waals surface area contributed by atoms with Gasteiger partial charge in [-0.05, 0) is 48.4 Å². The molecule has 5 heteroatoms. The molecule has 22 heavy (non-hydrogen) atoms. The minimum Gasteiger partial charge on any atom is -0.452 e. The monoisotopic (exact) mass is 301 g/mol. The minimum atomic E-state index is -0.669. The van der Waals surface area contributed by atoms with E-state index in [1.165, 1.54) is 12.1 Å². The zero-order chi connectivity index (χ0) is 15.9. The summed E-state index contributed by atoms with van der Waals surface area (Å²) in [6, 6.07) is 12.4. The van der Waals surface area contributed by atoms with E-state index < -0.39 is 24.3 Å². The maximum Gasteiger partial charge on any atom is 0.338 e. The van der Waals surface area contributed by atoms with Crippen molar-refractivity contribution >= 4 is 17.6 Å². The SMILES string of the molecule is CCc1cccc(NC(=O)COC(=O)c2ccc(F)cc2)c1. The van der Waals surface area contributed by atoms with E-state index in [2.05, 4.69) is 5.32 Å². The molecule has 114 valence electrons. The van der Waals surface area contributed by atoms with Gasteiger partial charge in [0, 0.05) is 5.69 Å². The van der Waals surface area contributed by atoms with Crippen molar-refractivity contribution in [3.05, 3.63) is 65.5 Å². The summed E-state index contributed by atoms with van der Waals surface area (Å²) in [6.07, 6.45) is 0.864. The second-order valence-electron chi connectivity index (χ2n) is 4.69. The molecule has 4 nitrogen and oxygen atoms in total. The number of anilines is 1. The minimum absolute atomic E-state index is 0.196. The standard InChI is InChI=1S/C17H16FNO3/c1-2-12-4-3-5-15(10-12)19-16(20)11-22-17(21)13-6-8-14(18)9-7-13/h3-10H,2,11H2,1H3,(H,19,20). The average molecular weight is 301 g/mol. The van der Waals surface area contributed by atoms with E-state index in [1.54, 1.807) is 6.07 Å². The van der Waals surface area contributed by atoms with Crippen LogP contribution in [0.5, 0.6) is 0 Å². The number of hydrogen-bond acceptors (Lipinski definition) is 3. The molecular formula is C17H16FNO3. The number of amides is 1. The van der Waals surface area contributed by atoms with E-state index in [9.17, 15) is 14.0 Å². The van der Waals surface area contributed by atoms with Crippen molar-refractivity contribution in [2.45, 2.75) is 13.3 Å². The third-order valence-corrected chi connectivity index (χ3v) is 3.03. The Hall–Kier alpha value is -2.69. The fourth-order valence-electron chi connectivity index (χ4n) is 1.87. The molecule has 0 radical (unpaired) electrons. The number of aryl methyl sites for hydroxylation is 1. The normalized spacial score (nSPS) is 10.1. The Kier molecular flexibility index (Phi) is 5.25. The van der Waals surface area contributed by atoms with Crippen LogP contribution in [0.3, 0.4) is 0 Å². The van der Waals surface area contributed by atoms with Crippen LogP contribution >= 0.6 is 0 Å². The molecule has 0 bridgehead atoms. The first-order valence-electron chi connectivity index (χ1n) is 6.90. The van der Waals surface area contributed by atoms with Crippen LogP contribution in [0.25, 0.3) is 0 Å². The first-order valence-corrected chi connectivity index (χ1v) is 6.90. The molecule has 0 fully saturated rings. The van der Waals surface area contributed by atoms with Crippen molar-refractivity contribution in [3.63, 3.8) is 0 Å². The molecule has 1 amide bonds. The van der Waals surface area contributed by atoms with Crippen molar-refractivity contribution < 1.29 is 18.7 Å². The first-order chi connectivity index (χ1) is 10.6. The largest absolute Gasteiger partial charge is 0.452 e. The van der Waals surface area contributed by atoms with Crippen LogP contribution in [0.4, 0.5) is 10.1 Å². The fourth-order valence-corrected chi connectivity index (χ4v) is 1.87. The second kappa shape index (κ2) is 7.36. The predicted octanol–water partition coefficient (Wildman–Crippen LogP) is 3.18. The van der Waals surface area contributed by atoms with Crippen LogP contribution in [0.15, 0.2) is 48.5 Å². The van der Waals surface area contributed by atoms with E-state index in [1.807, 2.05) is 25.1 Å². The van der Waals surface area contributed by atoms with E-state index >= 15 is 0 Å². The van der Waals surface area contributed by atoms with Gasteiger partial charge in [-0.15, -0.1) is 0 Å². The summed E-state index contributed by atoms with van der Waals surface area (Å²) < 4.78 is 17.6. The lowest BCUT2D eigenvalue weighted by atomic mass is 10.1. The summed E-state index contributed by atoms with van der Waals surface area (Å²) in [4.78, 5) is 23.4. The molecule has 0 heterocycles. The molecule has 2 aromatic rings. The number of carbonyl (C=O) groups excluding carboxylic acids is 2. The molecule has 1 N–H and O–H groups in total. The zero-order valence-corrected chi connectivity index (χ0v) is 12.1. The summed E-state index contributed by atoms with van der Waals surface area (Å²) in [5.74, 6) is -1.54. The number of ether oxygens (including phenoxy) is 1. The number of benzene rings is 2. The van der Waals surface area contributed by atoms with Crippen molar-refractivity contribution in [2.75, 3.05) is 11.9 Å². The van der Waals surface area contributed by atoms with Gasteiger partial charge < -0.3 is 10.1 Å². The number of esters is 1. The summed E-state index contributed by atoms with van der Waals surface area (Å²) in [6.45, 7) is 1.62. The Balaban J connectivity index is 1.87. The third-order valence-electron chi connectivity index (χ3n) is 3.03. The Bertz CT molecular complexity index is 668. The van der Waals surface area contributed by atoms with Crippen LogP contribution in [0, 0.1) is 5.82 Å². The number of carbonyl (C=O) groups is 2. The van der Waals surface area contributed by atoms with Gasteiger partial charge in [0.25, 0.3) is 5.91 Å². The van der Waals surface area contributed by atoms with Gasteiger partial charge in [0.15, 0.2) is 6.61 Å². The molecule has 0 aliphatic rings. The van der Waals surface area contributed by atoms with Crippen LogP contribution in [-0.4, -0.2) is 18.5 Å². The highest BCUT2D eigenvalue weighted by atomic mass is 19.1. The first kappa shape index (κ1) is 15.7. The van der Waals surface area contributed by atoms with Gasteiger partial charge in [-0.25, -0.2) is 9.18 Å². The molecule has 0 aromatic heterocycles. The fraction of sp³-hybridized carbons (Fsp3) is 0.176. The van der Waals surface area contributed by atoms with E-state index in [0.717, 1.165) is 24.1 Å². The lowest BCUT2D eigenvalue weighted by Crippen LogP contribution is -2.21. The predicted molar refractivity (Wildman–Crippen MR) is 81.1 cm³/mol. The molecule has 0 aliphatic carbocycles. The van der Waals surface area contributed by atoms with E-state index in [-0.39, 0.29) is 5.56 Å². The molecule has 0 unspecified atom stereocenters. The lowest BCUT2D eigenvalue weighted by Gasteiger charge is -2.07. The molecular weight excluding hydrogens is 285 g/mol. The van der Waals surface area contributed by atoms with E-state index in [0.29, 0.717) is 5.69 Å². The Morgan fingerprint density at radius 1 is 1.14 bits per heavy atom. The molecule has 0 spiro atoms. The van der Waals surface area contributed by atoms with Crippen molar-refractivity contribution in [2.24, 2.45) is 0 Å². The number of hydrogen-bond donors (Lipinski definition) is 1. The van der Waals surface area contributed by atoms with Crippen LogP contribution in [-0.2, 0) is 16.0 Å². The molecule has 0 aliphatic heterocycles. The molecule has 0 saturated carbocycles. The summed E-state index contributed by atoms with van der Waals surface area (Å²) in [5.41, 5.74) is 1.95. The van der Waals surface area contributed by atoms with Crippen LogP contribution in [0.1, 0.15) is 22.8 Å². The number of nitrogens with one attached hydrogen (secondary N) is 1. The number of halogens is 1. The number of rotatable bonds is 5. The van der Waals surface area contributed by atoms with Crippen LogP contribution < -0.4 is 5.32 Å². The highest BCUT2D eigenvalue weighted by molar-refractivity contribution is 5.95. The Morgan fingerprint density at radius 2 is 1.86 bits per heavy atom. The maximum atomic E-state index is 12.8. The van der Waals surface area contributed by atoms with Gasteiger partial charge >= 0.3 is 5.97 Å². The lowest BCUT2D eigenvalue weighted by molar-refractivity contribution is -0.119. The molecule has 2 aromatic carbocycles. The van der Waals surface area contributed by atoms with Crippen LogP contribution in [0.2, 0.25) is 0 Å². The molecule has 0 atom stereocenters. The average Bonchev–Trinajstić information content (AvgIpc) is 2.53. The molecule has 0 saturated heterocycles.